The highest BCUT2D eigenvalue weighted by atomic mass is 32.2. The lowest BCUT2D eigenvalue weighted by atomic mass is 10.2. The summed E-state index contributed by atoms with van der Waals surface area (Å²) in [6.45, 7) is 3.45. The Hall–Kier alpha value is -3.20. The molecule has 3 rings (SSSR count). The molecule has 1 aromatic heterocycles. The average molecular weight is 430 g/mol. The zero-order valence-electron chi connectivity index (χ0n) is 16.9. The maximum absolute atomic E-state index is 12.4. The molecule has 1 atom stereocenters. The summed E-state index contributed by atoms with van der Waals surface area (Å²) in [7, 11) is -2.00. The molecule has 0 aliphatic heterocycles. The topological polar surface area (TPSA) is 109 Å². The SMILES string of the molecule is COc1ccc(-c2nnc([C@H](C)OC(=O)CCS(=O)(=O)c3ccc(C)cc3)o2)cc1. The maximum Gasteiger partial charge on any atom is 0.307 e. The fourth-order valence-electron chi connectivity index (χ4n) is 2.64. The van der Waals surface area contributed by atoms with E-state index < -0.39 is 21.9 Å². The predicted molar refractivity (Wildman–Crippen MR) is 109 cm³/mol. The number of sulfone groups is 1. The van der Waals surface area contributed by atoms with Gasteiger partial charge in [-0.15, -0.1) is 10.2 Å². The van der Waals surface area contributed by atoms with E-state index in [-0.39, 0.29) is 28.9 Å². The van der Waals surface area contributed by atoms with Crippen molar-refractivity contribution in [2.24, 2.45) is 0 Å². The molecule has 0 bridgehead atoms. The molecule has 9 heteroatoms. The van der Waals surface area contributed by atoms with Crippen LogP contribution in [-0.4, -0.2) is 37.4 Å². The second kappa shape index (κ2) is 9.08. The van der Waals surface area contributed by atoms with Crippen LogP contribution in [0, 0.1) is 6.92 Å². The lowest BCUT2D eigenvalue weighted by Gasteiger charge is -2.10. The third kappa shape index (κ3) is 5.24. The van der Waals surface area contributed by atoms with E-state index in [0.29, 0.717) is 11.3 Å². The lowest BCUT2D eigenvalue weighted by molar-refractivity contribution is -0.149. The number of methoxy groups -OCH3 is 1. The van der Waals surface area contributed by atoms with Crippen molar-refractivity contribution in [1.29, 1.82) is 0 Å². The first-order valence-corrected chi connectivity index (χ1v) is 10.9. The molecule has 30 heavy (non-hydrogen) atoms. The first-order valence-electron chi connectivity index (χ1n) is 9.25. The second-order valence-electron chi connectivity index (χ2n) is 6.69. The minimum atomic E-state index is -3.57. The van der Waals surface area contributed by atoms with Gasteiger partial charge in [0.25, 0.3) is 5.89 Å². The molecule has 0 saturated carbocycles. The number of ether oxygens (including phenoxy) is 2. The minimum absolute atomic E-state index is 0.121. The van der Waals surface area contributed by atoms with Crippen LogP contribution in [0.3, 0.4) is 0 Å². The van der Waals surface area contributed by atoms with Crippen molar-refractivity contribution in [2.75, 3.05) is 12.9 Å². The van der Waals surface area contributed by atoms with Gasteiger partial charge in [0.1, 0.15) is 5.75 Å². The number of hydrogen-bond acceptors (Lipinski definition) is 8. The highest BCUT2D eigenvalue weighted by Gasteiger charge is 2.22. The standard InChI is InChI=1S/C21H22N2O6S/c1-14-4-10-18(11-5-14)30(25,26)13-12-19(24)28-15(2)20-22-23-21(29-20)16-6-8-17(27-3)9-7-16/h4-11,15H,12-13H2,1-3H3/t15-/m0/s1. The molecular weight excluding hydrogens is 408 g/mol. The van der Waals surface area contributed by atoms with Crippen LogP contribution in [-0.2, 0) is 19.4 Å². The van der Waals surface area contributed by atoms with Gasteiger partial charge in [0.15, 0.2) is 15.9 Å². The van der Waals surface area contributed by atoms with E-state index in [4.69, 9.17) is 13.9 Å². The molecule has 0 spiro atoms. The Morgan fingerprint density at radius 1 is 1.07 bits per heavy atom. The molecule has 0 unspecified atom stereocenters. The van der Waals surface area contributed by atoms with Crippen molar-refractivity contribution in [3.05, 3.63) is 60.0 Å². The van der Waals surface area contributed by atoms with Crippen molar-refractivity contribution >= 4 is 15.8 Å². The van der Waals surface area contributed by atoms with E-state index in [1.54, 1.807) is 50.4 Å². The predicted octanol–water partition coefficient (Wildman–Crippen LogP) is 3.52. The molecule has 0 radical (unpaired) electrons. The summed E-state index contributed by atoms with van der Waals surface area (Å²) in [6.07, 6.45) is -1.08. The molecule has 0 N–H and O–H groups in total. The molecule has 0 aliphatic carbocycles. The number of nitrogens with zero attached hydrogens (tertiary/aromatic N) is 2. The quantitative estimate of drug-likeness (QED) is 0.500. The summed E-state index contributed by atoms with van der Waals surface area (Å²) in [4.78, 5) is 12.3. The fourth-order valence-corrected chi connectivity index (χ4v) is 3.86. The third-order valence-electron chi connectivity index (χ3n) is 4.39. The molecule has 0 aliphatic rings. The molecule has 0 saturated heterocycles. The zero-order valence-corrected chi connectivity index (χ0v) is 17.7. The molecule has 1 heterocycles. The summed E-state index contributed by atoms with van der Waals surface area (Å²) in [5, 5.41) is 7.87. The largest absolute Gasteiger partial charge is 0.497 e. The Morgan fingerprint density at radius 2 is 1.73 bits per heavy atom. The van der Waals surface area contributed by atoms with Gasteiger partial charge in [-0.1, -0.05) is 17.7 Å². The second-order valence-corrected chi connectivity index (χ2v) is 8.80. The van der Waals surface area contributed by atoms with E-state index in [2.05, 4.69) is 10.2 Å². The fraction of sp³-hybridized carbons (Fsp3) is 0.286. The molecule has 0 amide bonds. The number of hydrogen-bond donors (Lipinski definition) is 0. The van der Waals surface area contributed by atoms with Crippen LogP contribution in [0.4, 0.5) is 0 Å². The van der Waals surface area contributed by atoms with Gasteiger partial charge in [-0.2, -0.15) is 0 Å². The monoisotopic (exact) mass is 430 g/mol. The number of aryl methyl sites for hydroxylation is 1. The van der Waals surface area contributed by atoms with Crippen LogP contribution in [0.5, 0.6) is 5.75 Å². The van der Waals surface area contributed by atoms with Crippen LogP contribution in [0.15, 0.2) is 57.8 Å². The Kier molecular flexibility index (Phi) is 6.51. The zero-order chi connectivity index (χ0) is 21.7. The summed E-state index contributed by atoms with van der Waals surface area (Å²) in [5.74, 6) is 0.0829. The number of benzene rings is 2. The minimum Gasteiger partial charge on any atom is -0.497 e. The van der Waals surface area contributed by atoms with E-state index in [0.717, 1.165) is 5.56 Å². The van der Waals surface area contributed by atoms with Gasteiger partial charge in [-0.3, -0.25) is 4.79 Å². The smallest absolute Gasteiger partial charge is 0.307 e. The normalized spacial score (nSPS) is 12.4. The van der Waals surface area contributed by atoms with Crippen LogP contribution in [0.25, 0.3) is 11.5 Å². The molecule has 3 aromatic rings. The Bertz CT molecular complexity index is 1110. The molecule has 158 valence electrons. The first kappa shape index (κ1) is 21.5. The first-order chi connectivity index (χ1) is 14.3. The van der Waals surface area contributed by atoms with Crippen LogP contribution in [0.2, 0.25) is 0 Å². The number of esters is 1. The Labute approximate surface area is 174 Å². The summed E-state index contributed by atoms with van der Waals surface area (Å²) >= 11 is 0. The van der Waals surface area contributed by atoms with Crippen LogP contribution < -0.4 is 4.74 Å². The summed E-state index contributed by atoms with van der Waals surface area (Å²) in [6, 6.07) is 13.5. The Balaban J connectivity index is 1.57. The van der Waals surface area contributed by atoms with E-state index >= 15 is 0 Å². The van der Waals surface area contributed by atoms with Gasteiger partial charge in [-0.25, -0.2) is 8.42 Å². The van der Waals surface area contributed by atoms with Gasteiger partial charge in [0.2, 0.25) is 5.89 Å². The number of aromatic nitrogens is 2. The van der Waals surface area contributed by atoms with Crippen molar-refractivity contribution in [3.8, 4) is 17.2 Å². The molecule has 2 aromatic carbocycles. The van der Waals surface area contributed by atoms with Gasteiger partial charge in [0, 0.05) is 5.56 Å². The molecule has 8 nitrogen and oxygen atoms in total. The van der Waals surface area contributed by atoms with E-state index in [1.165, 1.54) is 12.1 Å². The van der Waals surface area contributed by atoms with Gasteiger partial charge in [-0.05, 0) is 50.2 Å². The highest BCUT2D eigenvalue weighted by Crippen LogP contribution is 2.24. The van der Waals surface area contributed by atoms with Crippen molar-refractivity contribution in [2.45, 2.75) is 31.3 Å². The number of rotatable bonds is 8. The number of carbonyl (C=O) groups is 1. The third-order valence-corrected chi connectivity index (χ3v) is 6.12. The van der Waals surface area contributed by atoms with Gasteiger partial charge < -0.3 is 13.9 Å². The van der Waals surface area contributed by atoms with Crippen molar-refractivity contribution in [1.82, 2.24) is 10.2 Å². The van der Waals surface area contributed by atoms with E-state index in [1.807, 2.05) is 6.92 Å². The maximum atomic E-state index is 12.4. The van der Waals surface area contributed by atoms with Gasteiger partial charge in [0.05, 0.1) is 24.2 Å². The van der Waals surface area contributed by atoms with Crippen molar-refractivity contribution < 1.29 is 27.1 Å². The van der Waals surface area contributed by atoms with Gasteiger partial charge >= 0.3 is 5.97 Å². The van der Waals surface area contributed by atoms with Crippen molar-refractivity contribution in [3.63, 3.8) is 0 Å². The molecular formula is C21H22N2O6S. The number of carbonyl (C=O) groups excluding carboxylic acids is 1. The highest BCUT2D eigenvalue weighted by molar-refractivity contribution is 7.91. The molecule has 0 fully saturated rings. The summed E-state index contributed by atoms with van der Waals surface area (Å²) in [5.41, 5.74) is 1.65. The lowest BCUT2D eigenvalue weighted by Crippen LogP contribution is -2.15. The summed E-state index contributed by atoms with van der Waals surface area (Å²) < 4.78 is 40.6. The Morgan fingerprint density at radius 3 is 2.37 bits per heavy atom. The van der Waals surface area contributed by atoms with Crippen LogP contribution in [0.1, 0.15) is 30.9 Å². The van der Waals surface area contributed by atoms with Crippen LogP contribution >= 0.6 is 0 Å². The average Bonchev–Trinajstić information content (AvgIpc) is 3.23. The van der Waals surface area contributed by atoms with E-state index in [9.17, 15) is 13.2 Å².